The van der Waals surface area contributed by atoms with Gasteiger partial charge in [-0.2, -0.15) is 0 Å². The molecule has 0 aliphatic heterocycles. The van der Waals surface area contributed by atoms with Gasteiger partial charge >= 0.3 is 0 Å². The summed E-state index contributed by atoms with van der Waals surface area (Å²) in [4.78, 5) is 24.3. The van der Waals surface area contributed by atoms with E-state index < -0.39 is 0 Å². The number of fused-ring (bicyclic) bond motifs is 1. The van der Waals surface area contributed by atoms with Crippen LogP contribution in [0.3, 0.4) is 0 Å². The lowest BCUT2D eigenvalue weighted by molar-refractivity contribution is 0.0977. The molecule has 6 heteroatoms. The minimum absolute atomic E-state index is 0.0132. The minimum Gasteiger partial charge on any atom is -0.507 e. The molecule has 94 valence electrons. The summed E-state index contributed by atoms with van der Waals surface area (Å²) in [5.74, 6) is -0.767. The molecule has 1 aliphatic rings. The number of allylic oxidation sites excluding steroid dienone is 2. The van der Waals surface area contributed by atoms with E-state index in [1.54, 1.807) is 0 Å². The zero-order valence-corrected chi connectivity index (χ0v) is 12.7. The van der Waals surface area contributed by atoms with E-state index in [-0.39, 0.29) is 44.2 Å². The number of hydrogen-bond donors (Lipinski definition) is 1. The third-order valence-electron chi connectivity index (χ3n) is 2.74. The van der Waals surface area contributed by atoms with E-state index in [4.69, 9.17) is 4.74 Å². The van der Waals surface area contributed by atoms with Crippen LogP contribution in [0.2, 0.25) is 0 Å². The Hall–Kier alpha value is -1.14. The van der Waals surface area contributed by atoms with Crippen LogP contribution in [0.15, 0.2) is 20.6 Å². The molecule has 0 atom stereocenters. The Bertz CT molecular complexity index is 617. The highest BCUT2D eigenvalue weighted by atomic mass is 79.9. The predicted molar refractivity (Wildman–Crippen MR) is 72.6 cm³/mol. The zero-order valence-electron chi connectivity index (χ0n) is 9.51. The lowest BCUT2D eigenvalue weighted by atomic mass is 9.89. The number of rotatable bonds is 1. The van der Waals surface area contributed by atoms with Crippen LogP contribution in [0.5, 0.6) is 11.5 Å². The van der Waals surface area contributed by atoms with Gasteiger partial charge in [0.05, 0.1) is 27.2 Å². The van der Waals surface area contributed by atoms with E-state index in [2.05, 4.69) is 31.9 Å². The van der Waals surface area contributed by atoms with E-state index in [0.717, 1.165) is 0 Å². The summed E-state index contributed by atoms with van der Waals surface area (Å²) in [7, 11) is 1.40. The summed E-state index contributed by atoms with van der Waals surface area (Å²) in [6.07, 6.45) is 0. The standard InChI is InChI=1S/C12H8Br2O4/c1-4-9(14)11(17)8-7(10(4)16)6(15)3-5(13)12(8)18-2/h3,15H,1-2H3. The number of benzene rings is 1. The number of ketones is 2. The summed E-state index contributed by atoms with van der Waals surface area (Å²) >= 11 is 6.29. The molecule has 0 saturated heterocycles. The van der Waals surface area contributed by atoms with E-state index >= 15 is 0 Å². The molecule has 1 aliphatic carbocycles. The fourth-order valence-electron chi connectivity index (χ4n) is 1.83. The number of aromatic hydroxyl groups is 1. The number of ether oxygens (including phenoxy) is 1. The molecule has 0 unspecified atom stereocenters. The molecular formula is C12H8Br2O4. The molecule has 0 bridgehead atoms. The van der Waals surface area contributed by atoms with Gasteiger partial charge in [0, 0.05) is 5.57 Å². The van der Waals surface area contributed by atoms with Gasteiger partial charge in [-0.05, 0) is 44.8 Å². The van der Waals surface area contributed by atoms with Crippen LogP contribution in [-0.2, 0) is 0 Å². The summed E-state index contributed by atoms with van der Waals surface area (Å²) in [6.45, 7) is 1.53. The third kappa shape index (κ3) is 1.71. The molecule has 0 aromatic heterocycles. The first-order valence-corrected chi connectivity index (χ1v) is 6.54. The quantitative estimate of drug-likeness (QED) is 0.818. The summed E-state index contributed by atoms with van der Waals surface area (Å²) < 4.78 is 5.74. The number of phenols is 1. The predicted octanol–water partition coefficient (Wildman–Crippen LogP) is 3.21. The number of halogens is 2. The van der Waals surface area contributed by atoms with Gasteiger partial charge in [-0.15, -0.1) is 0 Å². The molecule has 0 radical (unpaired) electrons. The van der Waals surface area contributed by atoms with Crippen molar-refractivity contribution in [3.63, 3.8) is 0 Å². The molecule has 0 amide bonds. The summed E-state index contributed by atoms with van der Waals surface area (Å²) in [5, 5.41) is 9.85. The average molecular weight is 376 g/mol. The van der Waals surface area contributed by atoms with E-state index in [1.807, 2.05) is 0 Å². The van der Waals surface area contributed by atoms with E-state index in [1.165, 1.54) is 20.1 Å². The number of methoxy groups -OCH3 is 1. The van der Waals surface area contributed by atoms with Gasteiger partial charge < -0.3 is 9.84 Å². The Morgan fingerprint density at radius 2 is 1.78 bits per heavy atom. The van der Waals surface area contributed by atoms with Crippen LogP contribution in [0, 0.1) is 0 Å². The molecular weight excluding hydrogens is 368 g/mol. The Kier molecular flexibility index (Phi) is 3.33. The number of carbonyl (C=O) groups excluding carboxylic acids is 2. The number of phenolic OH excluding ortho intramolecular Hbond substituents is 1. The minimum atomic E-state index is -0.389. The number of carbonyl (C=O) groups is 2. The lowest BCUT2D eigenvalue weighted by Crippen LogP contribution is -2.20. The number of Topliss-reactive ketones (excluding diaryl/α,β-unsaturated/α-hetero) is 2. The fourth-order valence-corrected chi connectivity index (χ4v) is 2.79. The SMILES string of the molecule is COc1c(Br)cc(O)c2c1C(=O)C(Br)=C(C)C2=O. The Morgan fingerprint density at radius 3 is 2.33 bits per heavy atom. The second kappa shape index (κ2) is 4.51. The topological polar surface area (TPSA) is 63.6 Å². The maximum Gasteiger partial charge on any atom is 0.205 e. The van der Waals surface area contributed by atoms with Gasteiger partial charge in [-0.1, -0.05) is 0 Å². The van der Waals surface area contributed by atoms with Gasteiger partial charge in [-0.25, -0.2) is 0 Å². The van der Waals surface area contributed by atoms with Crippen molar-refractivity contribution in [1.29, 1.82) is 0 Å². The van der Waals surface area contributed by atoms with Crippen LogP contribution in [-0.4, -0.2) is 23.8 Å². The monoisotopic (exact) mass is 374 g/mol. The normalized spacial score (nSPS) is 14.9. The Balaban J connectivity index is 2.89. The first-order valence-electron chi connectivity index (χ1n) is 4.95. The van der Waals surface area contributed by atoms with Crippen LogP contribution in [0.25, 0.3) is 0 Å². The molecule has 1 aromatic carbocycles. The molecule has 4 nitrogen and oxygen atoms in total. The van der Waals surface area contributed by atoms with Crippen LogP contribution < -0.4 is 4.74 Å². The van der Waals surface area contributed by atoms with Crippen LogP contribution in [0.4, 0.5) is 0 Å². The molecule has 0 saturated carbocycles. The second-order valence-corrected chi connectivity index (χ2v) is 5.41. The van der Waals surface area contributed by atoms with E-state index in [0.29, 0.717) is 4.47 Å². The van der Waals surface area contributed by atoms with Gasteiger partial charge in [0.2, 0.25) is 5.78 Å². The van der Waals surface area contributed by atoms with Crippen molar-refractivity contribution >= 4 is 43.4 Å². The van der Waals surface area contributed by atoms with Gasteiger partial charge in [-0.3, -0.25) is 9.59 Å². The average Bonchev–Trinajstić information content (AvgIpc) is 2.33. The van der Waals surface area contributed by atoms with E-state index in [9.17, 15) is 14.7 Å². The zero-order chi connectivity index (χ0) is 13.6. The van der Waals surface area contributed by atoms with Crippen LogP contribution >= 0.6 is 31.9 Å². The molecule has 0 spiro atoms. The maximum absolute atomic E-state index is 12.2. The fraction of sp³-hybridized carbons (Fsp3) is 0.167. The van der Waals surface area contributed by atoms with Crippen molar-refractivity contribution in [3.8, 4) is 11.5 Å². The first-order chi connectivity index (χ1) is 8.40. The molecule has 0 heterocycles. The van der Waals surface area contributed by atoms with Gasteiger partial charge in [0.15, 0.2) is 5.78 Å². The Morgan fingerprint density at radius 1 is 1.17 bits per heavy atom. The third-order valence-corrected chi connectivity index (χ3v) is 4.28. The highest BCUT2D eigenvalue weighted by Crippen LogP contribution is 2.43. The second-order valence-electron chi connectivity index (χ2n) is 3.76. The largest absolute Gasteiger partial charge is 0.507 e. The van der Waals surface area contributed by atoms with Gasteiger partial charge in [0.1, 0.15) is 11.5 Å². The lowest BCUT2D eigenvalue weighted by Gasteiger charge is -2.20. The van der Waals surface area contributed by atoms with Crippen molar-refractivity contribution in [3.05, 3.63) is 31.7 Å². The highest BCUT2D eigenvalue weighted by molar-refractivity contribution is 9.12. The molecule has 18 heavy (non-hydrogen) atoms. The highest BCUT2D eigenvalue weighted by Gasteiger charge is 2.35. The summed E-state index contributed by atoms with van der Waals surface area (Å²) in [5.41, 5.74) is 0.333. The maximum atomic E-state index is 12.2. The smallest absolute Gasteiger partial charge is 0.205 e. The van der Waals surface area contributed by atoms with Crippen molar-refractivity contribution in [2.45, 2.75) is 6.92 Å². The van der Waals surface area contributed by atoms with Crippen molar-refractivity contribution in [1.82, 2.24) is 0 Å². The molecule has 1 N–H and O–H groups in total. The number of hydrogen-bond acceptors (Lipinski definition) is 4. The van der Waals surface area contributed by atoms with Crippen LogP contribution in [0.1, 0.15) is 27.6 Å². The molecule has 1 aromatic rings. The summed E-state index contributed by atoms with van der Waals surface area (Å²) in [6, 6.07) is 1.34. The van der Waals surface area contributed by atoms with Crippen molar-refractivity contribution in [2.75, 3.05) is 7.11 Å². The van der Waals surface area contributed by atoms with Crippen molar-refractivity contribution in [2.24, 2.45) is 0 Å². The van der Waals surface area contributed by atoms with Gasteiger partial charge in [0.25, 0.3) is 0 Å². The molecule has 2 rings (SSSR count). The first kappa shape index (κ1) is 13.3. The Labute approximate surface area is 120 Å². The van der Waals surface area contributed by atoms with Crippen molar-refractivity contribution < 1.29 is 19.4 Å². The molecule has 0 fully saturated rings.